The van der Waals surface area contributed by atoms with Crippen molar-refractivity contribution in [2.75, 3.05) is 0 Å². The minimum atomic E-state index is -3.21. The fourth-order valence-corrected chi connectivity index (χ4v) is 2.52. The van der Waals surface area contributed by atoms with E-state index in [9.17, 15) is 8.42 Å². The van der Waals surface area contributed by atoms with Gasteiger partial charge in [0, 0.05) is 12.1 Å². The fraction of sp³-hybridized carbons (Fsp3) is 0.500. The lowest BCUT2D eigenvalue weighted by Crippen LogP contribution is -2.31. The maximum Gasteiger partial charge on any atom is 0.180 e. The van der Waals surface area contributed by atoms with Crippen molar-refractivity contribution in [3.8, 4) is 0 Å². The van der Waals surface area contributed by atoms with Crippen LogP contribution in [0.5, 0.6) is 0 Å². The zero-order chi connectivity index (χ0) is 13.2. The Labute approximate surface area is 103 Å². The highest BCUT2D eigenvalue weighted by Crippen LogP contribution is 2.19. The summed E-state index contributed by atoms with van der Waals surface area (Å²) in [6.07, 6.45) is 0. The van der Waals surface area contributed by atoms with E-state index in [1.54, 1.807) is 38.1 Å². The minimum Gasteiger partial charge on any atom is -0.326 e. The Morgan fingerprint density at radius 2 is 1.47 bits per heavy atom. The third kappa shape index (κ3) is 3.06. The van der Waals surface area contributed by atoms with Crippen LogP contribution in [0.1, 0.15) is 32.4 Å². The SMILES string of the molecule is CC(N)C(N)c1ccc(S(=O)(=O)C(C)C)cc1. The average molecular weight is 256 g/mol. The Kier molecular flexibility index (Phi) is 4.30. The molecule has 0 saturated heterocycles. The van der Waals surface area contributed by atoms with Crippen molar-refractivity contribution in [1.82, 2.24) is 0 Å². The van der Waals surface area contributed by atoms with Crippen LogP contribution in [0.4, 0.5) is 0 Å². The second-order valence-electron chi connectivity index (χ2n) is 4.55. The minimum absolute atomic E-state index is 0.164. The van der Waals surface area contributed by atoms with Gasteiger partial charge in [-0.05, 0) is 38.5 Å². The summed E-state index contributed by atoms with van der Waals surface area (Å²) in [5.41, 5.74) is 12.4. The monoisotopic (exact) mass is 256 g/mol. The highest BCUT2D eigenvalue weighted by Gasteiger charge is 2.19. The van der Waals surface area contributed by atoms with E-state index in [-0.39, 0.29) is 12.1 Å². The predicted octanol–water partition coefficient (Wildman–Crippen LogP) is 1.22. The molecule has 0 aliphatic carbocycles. The van der Waals surface area contributed by atoms with E-state index in [1.807, 2.05) is 6.92 Å². The van der Waals surface area contributed by atoms with E-state index in [1.165, 1.54) is 0 Å². The van der Waals surface area contributed by atoms with Gasteiger partial charge in [0.1, 0.15) is 0 Å². The summed E-state index contributed by atoms with van der Waals surface area (Å²) in [7, 11) is -3.21. The molecular weight excluding hydrogens is 236 g/mol. The van der Waals surface area contributed by atoms with Crippen molar-refractivity contribution in [2.45, 2.75) is 43.0 Å². The number of benzene rings is 1. The molecule has 1 aromatic carbocycles. The lowest BCUT2D eigenvalue weighted by atomic mass is 10.0. The van der Waals surface area contributed by atoms with Gasteiger partial charge in [0.15, 0.2) is 9.84 Å². The molecule has 0 amide bonds. The van der Waals surface area contributed by atoms with Crippen LogP contribution in [0.15, 0.2) is 29.2 Å². The van der Waals surface area contributed by atoms with E-state index < -0.39 is 15.1 Å². The quantitative estimate of drug-likeness (QED) is 0.848. The Balaban J connectivity index is 3.05. The lowest BCUT2D eigenvalue weighted by Gasteiger charge is -2.16. The van der Waals surface area contributed by atoms with Gasteiger partial charge in [-0.3, -0.25) is 0 Å². The summed E-state index contributed by atoms with van der Waals surface area (Å²) in [4.78, 5) is 0.327. The van der Waals surface area contributed by atoms with Crippen molar-refractivity contribution < 1.29 is 8.42 Å². The highest BCUT2D eigenvalue weighted by molar-refractivity contribution is 7.92. The Morgan fingerprint density at radius 1 is 1.00 bits per heavy atom. The summed E-state index contributed by atoms with van der Waals surface area (Å²) >= 11 is 0. The molecule has 0 fully saturated rings. The molecule has 17 heavy (non-hydrogen) atoms. The summed E-state index contributed by atoms with van der Waals surface area (Å²) in [5.74, 6) is 0. The second kappa shape index (κ2) is 5.16. The maximum absolute atomic E-state index is 11.9. The molecule has 0 spiro atoms. The molecule has 0 bridgehead atoms. The molecule has 96 valence electrons. The molecular formula is C12H20N2O2S. The largest absolute Gasteiger partial charge is 0.326 e. The number of hydrogen-bond donors (Lipinski definition) is 2. The van der Waals surface area contributed by atoms with Gasteiger partial charge in [-0.25, -0.2) is 8.42 Å². The van der Waals surface area contributed by atoms with Gasteiger partial charge >= 0.3 is 0 Å². The molecule has 0 heterocycles. The third-order valence-electron chi connectivity index (χ3n) is 2.78. The van der Waals surface area contributed by atoms with E-state index >= 15 is 0 Å². The fourth-order valence-electron chi connectivity index (χ4n) is 1.46. The van der Waals surface area contributed by atoms with Gasteiger partial charge in [-0.2, -0.15) is 0 Å². The smallest absolute Gasteiger partial charge is 0.180 e. The first-order chi connectivity index (χ1) is 7.76. The molecule has 2 unspecified atom stereocenters. The van der Waals surface area contributed by atoms with Crippen molar-refractivity contribution in [2.24, 2.45) is 11.5 Å². The van der Waals surface area contributed by atoms with E-state index in [4.69, 9.17) is 11.5 Å². The van der Waals surface area contributed by atoms with Crippen LogP contribution < -0.4 is 11.5 Å². The number of rotatable bonds is 4. The summed E-state index contributed by atoms with van der Waals surface area (Å²) in [5, 5.41) is -0.421. The Hall–Kier alpha value is -0.910. The first-order valence-corrected chi connectivity index (χ1v) is 7.16. The second-order valence-corrected chi connectivity index (χ2v) is 7.05. The first kappa shape index (κ1) is 14.2. The lowest BCUT2D eigenvalue weighted by molar-refractivity contribution is 0.584. The summed E-state index contributed by atoms with van der Waals surface area (Å²) < 4.78 is 23.8. The topological polar surface area (TPSA) is 86.2 Å². The van der Waals surface area contributed by atoms with Crippen LogP contribution in [-0.4, -0.2) is 19.7 Å². The zero-order valence-electron chi connectivity index (χ0n) is 10.4. The third-order valence-corrected chi connectivity index (χ3v) is 4.95. The van der Waals surface area contributed by atoms with Crippen LogP contribution in [0, 0.1) is 0 Å². The molecule has 4 N–H and O–H groups in total. The van der Waals surface area contributed by atoms with Crippen LogP contribution in [0.3, 0.4) is 0 Å². The van der Waals surface area contributed by atoms with Gasteiger partial charge in [0.25, 0.3) is 0 Å². The van der Waals surface area contributed by atoms with Gasteiger partial charge in [0.05, 0.1) is 10.1 Å². The van der Waals surface area contributed by atoms with Crippen molar-refractivity contribution in [3.63, 3.8) is 0 Å². The highest BCUT2D eigenvalue weighted by atomic mass is 32.2. The molecule has 1 rings (SSSR count). The molecule has 4 nitrogen and oxygen atoms in total. The van der Waals surface area contributed by atoms with Crippen LogP contribution >= 0.6 is 0 Å². The van der Waals surface area contributed by atoms with Crippen LogP contribution in [-0.2, 0) is 9.84 Å². The number of sulfone groups is 1. The molecule has 0 radical (unpaired) electrons. The standard InChI is InChI=1S/C12H20N2O2S/c1-8(2)17(15,16)11-6-4-10(5-7-11)12(14)9(3)13/h4-9,12H,13-14H2,1-3H3. The normalized spacial score (nSPS) is 15.9. The summed E-state index contributed by atoms with van der Waals surface area (Å²) in [6.45, 7) is 5.15. The van der Waals surface area contributed by atoms with Crippen LogP contribution in [0.25, 0.3) is 0 Å². The molecule has 5 heteroatoms. The van der Waals surface area contributed by atoms with Crippen molar-refractivity contribution in [3.05, 3.63) is 29.8 Å². The molecule has 1 aromatic rings. The van der Waals surface area contributed by atoms with E-state index in [0.717, 1.165) is 5.56 Å². The average Bonchev–Trinajstić information content (AvgIpc) is 2.27. The Bertz CT molecular complexity index is 464. The van der Waals surface area contributed by atoms with E-state index in [0.29, 0.717) is 4.90 Å². The van der Waals surface area contributed by atoms with Crippen molar-refractivity contribution in [1.29, 1.82) is 0 Å². The molecule has 0 saturated carbocycles. The van der Waals surface area contributed by atoms with Crippen LogP contribution in [0.2, 0.25) is 0 Å². The van der Waals surface area contributed by atoms with Crippen molar-refractivity contribution >= 4 is 9.84 Å². The molecule has 0 aliphatic heterocycles. The van der Waals surface area contributed by atoms with Gasteiger partial charge in [-0.1, -0.05) is 12.1 Å². The molecule has 2 atom stereocenters. The molecule has 0 aromatic heterocycles. The number of nitrogens with two attached hydrogens (primary N) is 2. The first-order valence-electron chi connectivity index (χ1n) is 5.62. The van der Waals surface area contributed by atoms with Gasteiger partial charge < -0.3 is 11.5 Å². The van der Waals surface area contributed by atoms with E-state index in [2.05, 4.69) is 0 Å². The zero-order valence-corrected chi connectivity index (χ0v) is 11.2. The van der Waals surface area contributed by atoms with Gasteiger partial charge in [-0.15, -0.1) is 0 Å². The maximum atomic E-state index is 11.9. The Morgan fingerprint density at radius 3 is 1.82 bits per heavy atom. The molecule has 0 aliphatic rings. The summed E-state index contributed by atoms with van der Waals surface area (Å²) in [6, 6.07) is 6.19. The number of hydrogen-bond acceptors (Lipinski definition) is 4. The predicted molar refractivity (Wildman–Crippen MR) is 69.3 cm³/mol. The van der Waals surface area contributed by atoms with Gasteiger partial charge in [0.2, 0.25) is 0 Å².